The fourth-order valence-electron chi connectivity index (χ4n) is 1.67. The molecule has 0 spiro atoms. The molecule has 1 amide bonds. The van der Waals surface area contributed by atoms with Gasteiger partial charge in [-0.15, -0.1) is 0 Å². The number of carbonyl (C=O) groups excluding carboxylic acids is 1. The minimum absolute atomic E-state index is 0.147. The summed E-state index contributed by atoms with van der Waals surface area (Å²) >= 11 is 0. The van der Waals surface area contributed by atoms with Gasteiger partial charge in [-0.2, -0.15) is 0 Å². The van der Waals surface area contributed by atoms with E-state index in [1.54, 1.807) is 25.3 Å². The molecule has 18 heavy (non-hydrogen) atoms. The van der Waals surface area contributed by atoms with Crippen molar-refractivity contribution >= 4 is 23.0 Å². The number of methoxy groups -OCH3 is 1. The first-order chi connectivity index (χ1) is 8.76. The predicted octanol–water partition coefficient (Wildman–Crippen LogP) is 0.611. The van der Waals surface area contributed by atoms with Crippen molar-refractivity contribution in [3.8, 4) is 0 Å². The lowest BCUT2D eigenvalue weighted by Gasteiger charge is -2.06. The van der Waals surface area contributed by atoms with Crippen LogP contribution in [0.5, 0.6) is 0 Å². The molecule has 0 bridgehead atoms. The van der Waals surface area contributed by atoms with Gasteiger partial charge in [-0.25, -0.2) is 4.98 Å². The number of carbonyl (C=O) groups is 1. The van der Waals surface area contributed by atoms with Gasteiger partial charge in [0.05, 0.1) is 30.4 Å². The van der Waals surface area contributed by atoms with Gasteiger partial charge in [0.15, 0.2) is 0 Å². The molecular weight excluding hydrogens is 234 g/mol. The Morgan fingerprint density at radius 2 is 2.33 bits per heavy atom. The number of nitrogens with one attached hydrogen (secondary N) is 1. The Morgan fingerprint density at radius 1 is 1.50 bits per heavy atom. The van der Waals surface area contributed by atoms with Gasteiger partial charge in [0.2, 0.25) is 6.41 Å². The van der Waals surface area contributed by atoms with Gasteiger partial charge in [0.1, 0.15) is 0 Å². The fraction of sp³-hybridized carbons (Fsp3) is 0.250. The Kier molecular flexibility index (Phi) is 3.69. The Labute approximate surface area is 103 Å². The summed E-state index contributed by atoms with van der Waals surface area (Å²) < 4.78 is 6.41. The van der Waals surface area contributed by atoms with E-state index < -0.39 is 0 Å². The lowest BCUT2D eigenvalue weighted by molar-refractivity contribution is -0.105. The zero-order chi connectivity index (χ0) is 13.0. The van der Waals surface area contributed by atoms with E-state index >= 15 is 0 Å². The molecular formula is C12H13N3O3. The van der Waals surface area contributed by atoms with Crippen LogP contribution < -0.4 is 10.9 Å². The van der Waals surface area contributed by atoms with Crippen LogP contribution in [-0.4, -0.2) is 29.7 Å². The Hall–Kier alpha value is -2.21. The van der Waals surface area contributed by atoms with Crippen LogP contribution in [0.4, 0.5) is 5.69 Å². The quantitative estimate of drug-likeness (QED) is 0.786. The number of amides is 1. The maximum Gasteiger partial charge on any atom is 0.261 e. The van der Waals surface area contributed by atoms with Crippen LogP contribution in [0.15, 0.2) is 29.3 Å². The van der Waals surface area contributed by atoms with Crippen LogP contribution in [0.3, 0.4) is 0 Å². The Bertz CT molecular complexity index is 621. The molecule has 94 valence electrons. The maximum atomic E-state index is 12.1. The molecule has 2 aromatic rings. The van der Waals surface area contributed by atoms with E-state index in [9.17, 15) is 9.59 Å². The number of benzene rings is 1. The van der Waals surface area contributed by atoms with E-state index in [0.29, 0.717) is 36.2 Å². The van der Waals surface area contributed by atoms with Crippen molar-refractivity contribution in [2.75, 3.05) is 19.0 Å². The zero-order valence-corrected chi connectivity index (χ0v) is 9.92. The highest BCUT2D eigenvalue weighted by atomic mass is 16.5. The van der Waals surface area contributed by atoms with Crippen LogP contribution in [0, 0.1) is 0 Å². The molecule has 0 unspecified atom stereocenters. The Morgan fingerprint density at radius 3 is 3.06 bits per heavy atom. The zero-order valence-electron chi connectivity index (χ0n) is 9.92. The van der Waals surface area contributed by atoms with Gasteiger partial charge >= 0.3 is 0 Å². The second-order valence-corrected chi connectivity index (χ2v) is 3.73. The summed E-state index contributed by atoms with van der Waals surface area (Å²) in [6.07, 6.45) is 2.07. The highest BCUT2D eigenvalue weighted by molar-refractivity contribution is 5.84. The van der Waals surface area contributed by atoms with Gasteiger partial charge in [-0.05, 0) is 18.2 Å². The first-order valence-corrected chi connectivity index (χ1v) is 5.44. The summed E-state index contributed by atoms with van der Waals surface area (Å²) in [5.74, 6) is 0. The number of aromatic nitrogens is 2. The highest BCUT2D eigenvalue weighted by Crippen LogP contribution is 2.13. The SMILES string of the molecule is COCCn1cnc2ccc(NC=O)cc2c1=O. The van der Waals surface area contributed by atoms with E-state index in [1.807, 2.05) is 0 Å². The number of rotatable bonds is 5. The first-order valence-electron chi connectivity index (χ1n) is 5.44. The van der Waals surface area contributed by atoms with Gasteiger partial charge in [0, 0.05) is 12.8 Å². The largest absolute Gasteiger partial charge is 0.383 e. The minimum atomic E-state index is -0.147. The third-order valence-corrected chi connectivity index (χ3v) is 2.59. The molecule has 1 heterocycles. The van der Waals surface area contributed by atoms with Crippen LogP contribution in [0.25, 0.3) is 10.9 Å². The second-order valence-electron chi connectivity index (χ2n) is 3.73. The van der Waals surface area contributed by atoms with Crippen molar-refractivity contribution in [1.82, 2.24) is 9.55 Å². The van der Waals surface area contributed by atoms with Crippen molar-refractivity contribution in [3.05, 3.63) is 34.9 Å². The number of fused-ring (bicyclic) bond motifs is 1. The number of anilines is 1. The van der Waals surface area contributed by atoms with E-state index in [1.165, 1.54) is 10.9 Å². The van der Waals surface area contributed by atoms with Gasteiger partial charge in [-0.1, -0.05) is 0 Å². The lowest BCUT2D eigenvalue weighted by atomic mass is 10.2. The maximum absolute atomic E-state index is 12.1. The molecule has 6 heteroatoms. The molecule has 1 N–H and O–H groups in total. The smallest absolute Gasteiger partial charge is 0.261 e. The topological polar surface area (TPSA) is 73.2 Å². The molecule has 0 saturated carbocycles. The molecule has 0 radical (unpaired) electrons. The van der Waals surface area contributed by atoms with Gasteiger partial charge in [0.25, 0.3) is 5.56 Å². The van der Waals surface area contributed by atoms with Crippen molar-refractivity contribution < 1.29 is 9.53 Å². The second kappa shape index (κ2) is 5.42. The molecule has 0 atom stereocenters. The third-order valence-electron chi connectivity index (χ3n) is 2.59. The first kappa shape index (κ1) is 12.3. The molecule has 0 aliphatic carbocycles. The average molecular weight is 247 g/mol. The molecule has 1 aromatic heterocycles. The van der Waals surface area contributed by atoms with E-state index in [-0.39, 0.29) is 5.56 Å². The van der Waals surface area contributed by atoms with E-state index in [4.69, 9.17) is 4.74 Å². The number of ether oxygens (including phenoxy) is 1. The molecule has 2 rings (SSSR count). The predicted molar refractivity (Wildman–Crippen MR) is 67.6 cm³/mol. The van der Waals surface area contributed by atoms with Crippen molar-refractivity contribution in [3.63, 3.8) is 0 Å². The minimum Gasteiger partial charge on any atom is -0.383 e. The summed E-state index contributed by atoms with van der Waals surface area (Å²) in [6, 6.07) is 5.01. The summed E-state index contributed by atoms with van der Waals surface area (Å²) in [7, 11) is 1.58. The van der Waals surface area contributed by atoms with Crippen LogP contribution in [0.2, 0.25) is 0 Å². The molecule has 0 saturated heterocycles. The van der Waals surface area contributed by atoms with Crippen LogP contribution in [0.1, 0.15) is 0 Å². The molecule has 6 nitrogen and oxygen atoms in total. The van der Waals surface area contributed by atoms with Crippen molar-refractivity contribution in [2.45, 2.75) is 6.54 Å². The summed E-state index contributed by atoms with van der Waals surface area (Å²) in [4.78, 5) is 26.7. The van der Waals surface area contributed by atoms with Crippen molar-refractivity contribution in [1.29, 1.82) is 0 Å². The normalized spacial score (nSPS) is 10.5. The monoisotopic (exact) mass is 247 g/mol. The molecule has 0 aliphatic heterocycles. The summed E-state index contributed by atoms with van der Waals surface area (Å²) in [6.45, 7) is 0.892. The van der Waals surface area contributed by atoms with E-state index in [2.05, 4.69) is 10.3 Å². The van der Waals surface area contributed by atoms with Crippen molar-refractivity contribution in [2.24, 2.45) is 0 Å². The number of hydrogen-bond acceptors (Lipinski definition) is 4. The van der Waals surface area contributed by atoms with E-state index in [0.717, 1.165) is 0 Å². The number of nitrogens with zero attached hydrogens (tertiary/aromatic N) is 2. The van der Waals surface area contributed by atoms with Gasteiger partial charge < -0.3 is 10.1 Å². The third kappa shape index (κ3) is 2.38. The molecule has 0 fully saturated rings. The molecule has 1 aromatic carbocycles. The average Bonchev–Trinajstić information content (AvgIpc) is 2.39. The molecule has 0 aliphatic rings. The van der Waals surface area contributed by atoms with Gasteiger partial charge in [-0.3, -0.25) is 14.2 Å². The Balaban J connectivity index is 2.49. The summed E-state index contributed by atoms with van der Waals surface area (Å²) in [5, 5.41) is 2.98. The standard InChI is InChI=1S/C12H13N3O3/c1-18-5-4-15-7-13-11-3-2-9(14-8-16)6-10(11)12(15)17/h2-3,6-8H,4-5H2,1H3,(H,14,16). The number of hydrogen-bond donors (Lipinski definition) is 1. The lowest BCUT2D eigenvalue weighted by Crippen LogP contribution is -2.22. The highest BCUT2D eigenvalue weighted by Gasteiger charge is 2.04. The van der Waals surface area contributed by atoms with Crippen LogP contribution >= 0.6 is 0 Å². The van der Waals surface area contributed by atoms with Crippen LogP contribution in [-0.2, 0) is 16.1 Å². The summed E-state index contributed by atoms with van der Waals surface area (Å²) in [5.41, 5.74) is 1.03. The fourth-order valence-corrected chi connectivity index (χ4v) is 1.67.